The maximum Gasteiger partial charge on any atom is 0.191 e. The van der Waals surface area contributed by atoms with Crippen LogP contribution in [0.2, 0.25) is 0 Å². The van der Waals surface area contributed by atoms with Crippen LogP contribution in [0.15, 0.2) is 4.99 Å². The van der Waals surface area contributed by atoms with Gasteiger partial charge >= 0.3 is 0 Å². The summed E-state index contributed by atoms with van der Waals surface area (Å²) in [6.45, 7) is 15.2. The van der Waals surface area contributed by atoms with Crippen LogP contribution in [-0.2, 0) is 9.47 Å². The van der Waals surface area contributed by atoms with Gasteiger partial charge in [0.15, 0.2) is 5.96 Å². The summed E-state index contributed by atoms with van der Waals surface area (Å²) in [4.78, 5) is 9.60. The fourth-order valence-corrected chi connectivity index (χ4v) is 2.78. The Bertz CT molecular complexity index is 355. The Labute approximate surface area is 160 Å². The summed E-state index contributed by atoms with van der Waals surface area (Å²) in [5.74, 6) is 0.877. The molecule has 0 aromatic heterocycles. The topological polar surface area (TPSA) is 61.4 Å². The number of aliphatic imine (C=N–C) groups is 1. The summed E-state index contributed by atoms with van der Waals surface area (Å²) >= 11 is 0. The average Bonchev–Trinajstić information content (AvgIpc) is 2.84. The minimum absolute atomic E-state index is 0.655. The van der Waals surface area contributed by atoms with E-state index in [4.69, 9.17) is 9.47 Å². The molecule has 2 N–H and O–H groups in total. The maximum atomic E-state index is 5.58. The second-order valence-corrected chi connectivity index (χ2v) is 6.76. The molecule has 0 bridgehead atoms. The first kappa shape index (κ1) is 23.1. The molecule has 1 aliphatic rings. The van der Waals surface area contributed by atoms with E-state index in [2.05, 4.69) is 46.3 Å². The summed E-state index contributed by atoms with van der Waals surface area (Å²) < 4.78 is 11.1. The van der Waals surface area contributed by atoms with E-state index in [1.807, 2.05) is 0 Å². The predicted octanol–water partition coefficient (Wildman–Crippen LogP) is 1.01. The lowest BCUT2D eigenvalue weighted by atomic mass is 10.4. The van der Waals surface area contributed by atoms with E-state index in [1.54, 1.807) is 0 Å². The number of guanidine groups is 1. The lowest BCUT2D eigenvalue weighted by Gasteiger charge is -2.19. The van der Waals surface area contributed by atoms with Gasteiger partial charge in [-0.3, -0.25) is 4.99 Å². The zero-order valence-corrected chi connectivity index (χ0v) is 17.3. The van der Waals surface area contributed by atoms with Crippen LogP contribution in [-0.4, -0.2) is 102 Å². The third-order valence-electron chi connectivity index (χ3n) is 4.40. The number of unbranched alkanes of at least 4 members (excludes halogenated alkanes) is 1. The van der Waals surface area contributed by atoms with Crippen molar-refractivity contribution >= 4 is 5.96 Å². The van der Waals surface area contributed by atoms with Crippen LogP contribution in [0, 0.1) is 0 Å². The van der Waals surface area contributed by atoms with E-state index in [9.17, 15) is 0 Å². The van der Waals surface area contributed by atoms with Crippen molar-refractivity contribution in [1.82, 2.24) is 20.4 Å². The Morgan fingerprint density at radius 1 is 0.962 bits per heavy atom. The molecule has 0 aromatic carbocycles. The number of likely N-dealkylation sites (N-methyl/N-ethyl adjacent to an activating group) is 1. The van der Waals surface area contributed by atoms with Crippen molar-refractivity contribution in [3.63, 3.8) is 0 Å². The molecule has 0 atom stereocenters. The van der Waals surface area contributed by atoms with Gasteiger partial charge < -0.3 is 29.9 Å². The van der Waals surface area contributed by atoms with Crippen molar-refractivity contribution < 1.29 is 9.47 Å². The second kappa shape index (κ2) is 16.3. The lowest BCUT2D eigenvalue weighted by molar-refractivity contribution is 0.0487. The van der Waals surface area contributed by atoms with Crippen LogP contribution >= 0.6 is 0 Å². The lowest BCUT2D eigenvalue weighted by Crippen LogP contribution is -2.40. The Morgan fingerprint density at radius 2 is 1.77 bits per heavy atom. The zero-order valence-electron chi connectivity index (χ0n) is 17.3. The van der Waals surface area contributed by atoms with E-state index < -0.39 is 0 Å². The van der Waals surface area contributed by atoms with Gasteiger partial charge in [0.05, 0.1) is 26.4 Å². The van der Waals surface area contributed by atoms with Crippen molar-refractivity contribution in [3.8, 4) is 0 Å². The van der Waals surface area contributed by atoms with Crippen LogP contribution in [0.3, 0.4) is 0 Å². The highest BCUT2D eigenvalue weighted by molar-refractivity contribution is 5.79. The first-order valence-electron chi connectivity index (χ1n) is 10.3. The highest BCUT2D eigenvalue weighted by atomic mass is 16.5. The number of hydrogen-bond donors (Lipinski definition) is 2. The molecule has 0 aliphatic carbocycles. The molecular formula is C19H41N5O2. The van der Waals surface area contributed by atoms with Crippen molar-refractivity contribution in [2.75, 3.05) is 85.8 Å². The molecule has 0 spiro atoms. The molecule has 1 saturated heterocycles. The molecule has 0 amide bonds. The largest absolute Gasteiger partial charge is 0.379 e. The van der Waals surface area contributed by atoms with Crippen LogP contribution in [0.1, 0.15) is 33.1 Å². The van der Waals surface area contributed by atoms with Crippen LogP contribution in [0.4, 0.5) is 0 Å². The fraction of sp³-hybridized carbons (Fsp3) is 0.947. The van der Waals surface area contributed by atoms with Gasteiger partial charge in [0.25, 0.3) is 0 Å². The van der Waals surface area contributed by atoms with E-state index >= 15 is 0 Å². The van der Waals surface area contributed by atoms with Gasteiger partial charge in [-0.1, -0.05) is 13.3 Å². The van der Waals surface area contributed by atoms with E-state index in [0.29, 0.717) is 19.8 Å². The van der Waals surface area contributed by atoms with Crippen LogP contribution < -0.4 is 10.6 Å². The first-order valence-corrected chi connectivity index (χ1v) is 10.3. The second-order valence-electron chi connectivity index (χ2n) is 6.76. The molecule has 26 heavy (non-hydrogen) atoms. The molecule has 1 fully saturated rings. The molecule has 154 valence electrons. The molecule has 0 saturated carbocycles. The number of nitrogens with one attached hydrogen (secondary N) is 2. The minimum Gasteiger partial charge on any atom is -0.379 e. The monoisotopic (exact) mass is 371 g/mol. The van der Waals surface area contributed by atoms with Crippen molar-refractivity contribution in [3.05, 3.63) is 0 Å². The SMILES string of the molecule is CCCCOCCOCCNC(=NCCN1CCCN(C)CC1)NCC. The van der Waals surface area contributed by atoms with E-state index in [-0.39, 0.29) is 0 Å². The third kappa shape index (κ3) is 12.5. The molecule has 7 nitrogen and oxygen atoms in total. The quantitative estimate of drug-likeness (QED) is 0.286. The fourth-order valence-electron chi connectivity index (χ4n) is 2.78. The molecular weight excluding hydrogens is 330 g/mol. The molecule has 1 rings (SSSR count). The van der Waals surface area contributed by atoms with Crippen LogP contribution in [0.25, 0.3) is 0 Å². The summed E-state index contributed by atoms with van der Waals surface area (Å²) in [5.41, 5.74) is 0. The van der Waals surface area contributed by atoms with Gasteiger partial charge in [-0.05, 0) is 39.9 Å². The Hall–Kier alpha value is -0.890. The summed E-state index contributed by atoms with van der Waals surface area (Å²) in [6, 6.07) is 0. The summed E-state index contributed by atoms with van der Waals surface area (Å²) in [6.07, 6.45) is 3.54. The minimum atomic E-state index is 0.655. The summed E-state index contributed by atoms with van der Waals surface area (Å²) in [5, 5.41) is 6.63. The zero-order chi connectivity index (χ0) is 18.9. The molecule has 0 radical (unpaired) electrons. The van der Waals surface area contributed by atoms with Gasteiger partial charge in [-0.2, -0.15) is 0 Å². The van der Waals surface area contributed by atoms with Gasteiger partial charge in [0.1, 0.15) is 0 Å². The van der Waals surface area contributed by atoms with Crippen molar-refractivity contribution in [1.29, 1.82) is 0 Å². The number of nitrogens with zero attached hydrogens (tertiary/aromatic N) is 3. The Kier molecular flexibility index (Phi) is 14.5. The Balaban J connectivity index is 2.10. The highest BCUT2D eigenvalue weighted by Crippen LogP contribution is 2.00. The van der Waals surface area contributed by atoms with E-state index in [0.717, 1.165) is 58.3 Å². The van der Waals surface area contributed by atoms with E-state index in [1.165, 1.54) is 25.9 Å². The van der Waals surface area contributed by atoms with Gasteiger partial charge in [-0.15, -0.1) is 0 Å². The molecule has 0 aromatic rings. The molecule has 1 aliphatic heterocycles. The number of hydrogen-bond acceptors (Lipinski definition) is 5. The molecule has 7 heteroatoms. The smallest absolute Gasteiger partial charge is 0.191 e. The van der Waals surface area contributed by atoms with Gasteiger partial charge in [0, 0.05) is 39.3 Å². The molecule has 0 unspecified atom stereocenters. The normalized spacial score (nSPS) is 17.3. The average molecular weight is 372 g/mol. The highest BCUT2D eigenvalue weighted by Gasteiger charge is 2.11. The standard InChI is InChI=1S/C19H41N5O2/c1-4-6-15-25-17-18-26-16-9-22-19(20-5-2)21-8-12-24-11-7-10-23(3)13-14-24/h4-18H2,1-3H3,(H2,20,21,22). The predicted molar refractivity (Wildman–Crippen MR) is 109 cm³/mol. The Morgan fingerprint density at radius 3 is 2.54 bits per heavy atom. The maximum absolute atomic E-state index is 5.58. The van der Waals surface area contributed by atoms with Crippen molar-refractivity contribution in [2.24, 2.45) is 4.99 Å². The van der Waals surface area contributed by atoms with Crippen LogP contribution in [0.5, 0.6) is 0 Å². The third-order valence-corrected chi connectivity index (χ3v) is 4.40. The number of rotatable bonds is 13. The number of ether oxygens (including phenoxy) is 2. The van der Waals surface area contributed by atoms with Crippen molar-refractivity contribution in [2.45, 2.75) is 33.1 Å². The first-order chi connectivity index (χ1) is 12.8. The summed E-state index contributed by atoms with van der Waals surface area (Å²) in [7, 11) is 2.20. The van der Waals surface area contributed by atoms with Gasteiger partial charge in [-0.25, -0.2) is 0 Å². The van der Waals surface area contributed by atoms with Gasteiger partial charge in [0.2, 0.25) is 0 Å². The molecule has 1 heterocycles.